The third-order valence-corrected chi connectivity index (χ3v) is 2.72. The first-order valence-electron chi connectivity index (χ1n) is 5.95. The summed E-state index contributed by atoms with van der Waals surface area (Å²) in [5, 5.41) is 11.5. The zero-order chi connectivity index (χ0) is 15.6. The maximum absolute atomic E-state index is 13.5. The zero-order valence-electron chi connectivity index (χ0n) is 11.1. The Balaban J connectivity index is 2.39. The maximum atomic E-state index is 13.5. The predicted molar refractivity (Wildman–Crippen MR) is 75.6 cm³/mol. The van der Waals surface area contributed by atoms with Gasteiger partial charge >= 0.3 is 0 Å². The largest absolute Gasteiger partial charge is 0.505 e. The van der Waals surface area contributed by atoms with Crippen LogP contribution in [0.25, 0.3) is 5.76 Å². The number of aliphatic hydroxyl groups is 1. The van der Waals surface area contributed by atoms with Crippen LogP contribution in [0.2, 0.25) is 0 Å². The lowest BCUT2D eigenvalue weighted by molar-refractivity contribution is 0.102. The molecular formula is C14H12FN3O3. The molecule has 0 aliphatic heterocycles. The van der Waals surface area contributed by atoms with Crippen molar-refractivity contribution in [2.24, 2.45) is 0 Å². The summed E-state index contributed by atoms with van der Waals surface area (Å²) in [7, 11) is 0. The molecule has 0 aliphatic rings. The number of aromatic nitrogens is 2. The van der Waals surface area contributed by atoms with Crippen molar-refractivity contribution in [3.63, 3.8) is 0 Å². The molecule has 0 unspecified atom stereocenters. The number of rotatable bonds is 3. The molecule has 1 amide bonds. The Morgan fingerprint density at radius 3 is 2.67 bits per heavy atom. The van der Waals surface area contributed by atoms with Crippen LogP contribution >= 0.6 is 0 Å². The Bertz CT molecular complexity index is 783. The molecule has 108 valence electrons. The van der Waals surface area contributed by atoms with E-state index in [1.54, 1.807) is 6.07 Å². The molecule has 0 fully saturated rings. The van der Waals surface area contributed by atoms with Gasteiger partial charge in [0.1, 0.15) is 11.4 Å². The van der Waals surface area contributed by atoms with Crippen molar-refractivity contribution in [3.8, 4) is 0 Å². The van der Waals surface area contributed by atoms with Crippen LogP contribution in [0.5, 0.6) is 0 Å². The molecule has 1 heterocycles. The molecule has 0 aliphatic carbocycles. The summed E-state index contributed by atoms with van der Waals surface area (Å²) < 4.78 is 13.5. The molecule has 3 N–H and O–H groups in total. The highest BCUT2D eigenvalue weighted by atomic mass is 19.1. The van der Waals surface area contributed by atoms with Crippen molar-refractivity contribution in [3.05, 3.63) is 64.1 Å². The van der Waals surface area contributed by atoms with Gasteiger partial charge in [0, 0.05) is 0 Å². The molecule has 2 aromatic rings. The van der Waals surface area contributed by atoms with Crippen LogP contribution < -0.4 is 10.9 Å². The summed E-state index contributed by atoms with van der Waals surface area (Å²) in [4.78, 5) is 30.0. The molecule has 0 saturated heterocycles. The molecule has 1 aromatic carbocycles. The lowest BCUT2D eigenvalue weighted by Crippen LogP contribution is -2.27. The third-order valence-electron chi connectivity index (χ3n) is 2.72. The quantitative estimate of drug-likeness (QED) is 0.753. The zero-order valence-corrected chi connectivity index (χ0v) is 11.1. The fourth-order valence-corrected chi connectivity index (χ4v) is 1.74. The summed E-state index contributed by atoms with van der Waals surface area (Å²) >= 11 is 0. The Morgan fingerprint density at radius 1 is 1.43 bits per heavy atom. The van der Waals surface area contributed by atoms with E-state index in [9.17, 15) is 19.1 Å². The number of aryl methyl sites for hydroxylation is 1. The smallest absolute Gasteiger partial charge is 0.264 e. The Kier molecular flexibility index (Phi) is 3.84. The number of anilines is 1. The highest BCUT2D eigenvalue weighted by Crippen LogP contribution is 2.14. The molecule has 1 aromatic heterocycles. The topological polar surface area (TPSA) is 95.1 Å². The Morgan fingerprint density at radius 2 is 2.10 bits per heavy atom. The van der Waals surface area contributed by atoms with Crippen LogP contribution in [0.4, 0.5) is 10.1 Å². The number of carbonyl (C=O) groups is 1. The van der Waals surface area contributed by atoms with Gasteiger partial charge in [-0.3, -0.25) is 9.59 Å². The van der Waals surface area contributed by atoms with E-state index in [-0.39, 0.29) is 22.8 Å². The van der Waals surface area contributed by atoms with Crippen molar-refractivity contribution in [1.29, 1.82) is 0 Å². The van der Waals surface area contributed by atoms with E-state index in [1.807, 2.05) is 0 Å². The van der Waals surface area contributed by atoms with Crippen LogP contribution in [0.15, 0.2) is 35.6 Å². The number of hydrogen-bond donors (Lipinski definition) is 3. The van der Waals surface area contributed by atoms with Crippen LogP contribution in [-0.2, 0) is 0 Å². The van der Waals surface area contributed by atoms with E-state index in [0.29, 0.717) is 0 Å². The monoisotopic (exact) mass is 289 g/mol. The number of aliphatic hydroxyl groups excluding tert-OH is 1. The van der Waals surface area contributed by atoms with Gasteiger partial charge in [-0.1, -0.05) is 18.7 Å². The van der Waals surface area contributed by atoms with Crippen molar-refractivity contribution in [2.75, 3.05) is 5.32 Å². The fraction of sp³-hybridized carbons (Fsp3) is 0.0714. The number of H-pyrrole nitrogens is 1. The Hall–Kier alpha value is -2.96. The van der Waals surface area contributed by atoms with E-state index in [2.05, 4.69) is 21.9 Å². The van der Waals surface area contributed by atoms with Crippen LogP contribution in [0.1, 0.15) is 21.9 Å². The molecule has 0 spiro atoms. The second-order valence-corrected chi connectivity index (χ2v) is 4.26. The summed E-state index contributed by atoms with van der Waals surface area (Å²) in [6.07, 6.45) is 0. The first-order chi connectivity index (χ1) is 9.90. The van der Waals surface area contributed by atoms with Crippen LogP contribution in [0.3, 0.4) is 0 Å². The summed E-state index contributed by atoms with van der Waals surface area (Å²) in [5.41, 5.74) is -0.959. The van der Waals surface area contributed by atoms with E-state index in [4.69, 9.17) is 0 Å². The van der Waals surface area contributed by atoms with Crippen molar-refractivity contribution in [2.45, 2.75) is 6.92 Å². The van der Waals surface area contributed by atoms with Gasteiger partial charge in [-0.15, -0.1) is 0 Å². The number of nitrogens with zero attached hydrogens (tertiary/aromatic N) is 1. The van der Waals surface area contributed by atoms with Crippen LogP contribution in [-0.4, -0.2) is 21.0 Å². The molecule has 0 radical (unpaired) electrons. The minimum atomic E-state index is -0.790. The van der Waals surface area contributed by atoms with Gasteiger partial charge in [0.25, 0.3) is 11.5 Å². The molecule has 0 bridgehead atoms. The minimum Gasteiger partial charge on any atom is -0.505 e. The first kappa shape index (κ1) is 14.4. The second-order valence-electron chi connectivity index (χ2n) is 4.26. The van der Waals surface area contributed by atoms with Gasteiger partial charge in [0.2, 0.25) is 0 Å². The molecule has 0 atom stereocenters. The number of amides is 1. The summed E-state index contributed by atoms with van der Waals surface area (Å²) in [5.74, 6) is -1.95. The van der Waals surface area contributed by atoms with E-state index in [1.165, 1.54) is 25.1 Å². The van der Waals surface area contributed by atoms with Crippen molar-refractivity contribution in [1.82, 2.24) is 9.97 Å². The SMILES string of the molecule is C=C(O)c1nc(C)c(C(=O)Nc2ccccc2F)c(=O)[nH]1. The second kappa shape index (κ2) is 5.58. The fourth-order valence-electron chi connectivity index (χ4n) is 1.74. The van der Waals surface area contributed by atoms with Gasteiger partial charge in [-0.2, -0.15) is 0 Å². The number of benzene rings is 1. The molecule has 21 heavy (non-hydrogen) atoms. The average Bonchev–Trinajstić information content (AvgIpc) is 2.40. The number of aromatic amines is 1. The van der Waals surface area contributed by atoms with E-state index >= 15 is 0 Å². The van der Waals surface area contributed by atoms with Gasteiger partial charge in [0.15, 0.2) is 11.6 Å². The standard InChI is InChI=1S/C14H12FN3O3/c1-7-11(14(21)18-12(16-7)8(2)19)13(20)17-10-6-4-3-5-9(10)15/h3-6,19H,2H2,1H3,(H,17,20)(H,16,18,21). The van der Waals surface area contributed by atoms with Crippen LogP contribution in [0, 0.1) is 12.7 Å². The van der Waals surface area contributed by atoms with E-state index < -0.39 is 23.0 Å². The number of para-hydroxylation sites is 1. The number of halogens is 1. The third kappa shape index (κ3) is 2.97. The highest BCUT2D eigenvalue weighted by Gasteiger charge is 2.18. The average molecular weight is 289 g/mol. The van der Waals surface area contributed by atoms with Gasteiger partial charge in [0.05, 0.1) is 11.4 Å². The maximum Gasteiger partial charge on any atom is 0.264 e. The molecule has 0 saturated carbocycles. The Labute approximate surface area is 119 Å². The number of nitrogens with one attached hydrogen (secondary N) is 2. The molecule has 7 heteroatoms. The minimum absolute atomic E-state index is 0.0445. The first-order valence-corrected chi connectivity index (χ1v) is 5.95. The van der Waals surface area contributed by atoms with E-state index in [0.717, 1.165) is 0 Å². The van der Waals surface area contributed by atoms with Gasteiger partial charge in [-0.05, 0) is 19.1 Å². The highest BCUT2D eigenvalue weighted by molar-refractivity contribution is 6.04. The molecule has 6 nitrogen and oxygen atoms in total. The number of carbonyl (C=O) groups excluding carboxylic acids is 1. The summed E-state index contributed by atoms with van der Waals surface area (Å²) in [6.45, 7) is 4.66. The summed E-state index contributed by atoms with van der Waals surface area (Å²) in [6, 6.07) is 5.58. The normalized spacial score (nSPS) is 10.2. The van der Waals surface area contributed by atoms with Crippen molar-refractivity contribution < 1.29 is 14.3 Å². The predicted octanol–water partition coefficient (Wildman–Crippen LogP) is 2.00. The number of hydrogen-bond acceptors (Lipinski definition) is 4. The molecule has 2 rings (SSSR count). The van der Waals surface area contributed by atoms with Gasteiger partial charge in [-0.25, -0.2) is 9.37 Å². The van der Waals surface area contributed by atoms with Crippen molar-refractivity contribution >= 4 is 17.4 Å². The van der Waals surface area contributed by atoms with Gasteiger partial charge < -0.3 is 15.4 Å². The lowest BCUT2D eigenvalue weighted by atomic mass is 10.2. The lowest BCUT2D eigenvalue weighted by Gasteiger charge is -2.08. The molecular weight excluding hydrogens is 277 g/mol.